The fourth-order valence-electron chi connectivity index (χ4n) is 1.75. The number of hydrogen-bond donors (Lipinski definition) is 0. The van der Waals surface area contributed by atoms with Gasteiger partial charge in [-0.15, -0.1) is 0 Å². The molecule has 5 heteroatoms. The number of rotatable bonds is 4. The lowest BCUT2D eigenvalue weighted by atomic mass is 10.1. The largest absolute Gasteiger partial charge is 0.451 e. The van der Waals surface area contributed by atoms with Crippen LogP contribution in [0.3, 0.4) is 0 Å². The topological polar surface area (TPSA) is 43.4 Å². The number of carbonyl (C=O) groups excluding carboxylic acids is 2. The van der Waals surface area contributed by atoms with E-state index in [0.29, 0.717) is 10.6 Å². The molecule has 0 N–H and O–H groups in total. The Kier molecular flexibility index (Phi) is 4.70. The minimum absolute atomic E-state index is 0.0609. The first-order valence-electron chi connectivity index (χ1n) is 6.23. The molecule has 0 amide bonds. The molecule has 0 saturated heterocycles. The molecule has 0 saturated carbocycles. The molecule has 0 aliphatic carbocycles. The zero-order chi connectivity index (χ0) is 15.4. The summed E-state index contributed by atoms with van der Waals surface area (Å²) in [7, 11) is 0. The molecule has 0 aromatic heterocycles. The Bertz CT molecular complexity index is 667. The first-order valence-corrected chi connectivity index (χ1v) is 6.61. The molecule has 0 bridgehead atoms. The van der Waals surface area contributed by atoms with Gasteiger partial charge >= 0.3 is 5.97 Å². The summed E-state index contributed by atoms with van der Waals surface area (Å²) in [5.74, 6) is -1.64. The summed E-state index contributed by atoms with van der Waals surface area (Å²) in [6.07, 6.45) is -0.970. The number of ether oxygens (including phenoxy) is 1. The maximum Gasteiger partial charge on any atom is 0.338 e. The van der Waals surface area contributed by atoms with E-state index in [1.54, 1.807) is 24.3 Å². The van der Waals surface area contributed by atoms with E-state index in [4.69, 9.17) is 16.3 Å². The number of esters is 1. The Hall–Kier alpha value is -2.20. The average molecular weight is 307 g/mol. The van der Waals surface area contributed by atoms with Gasteiger partial charge in [-0.3, -0.25) is 4.79 Å². The zero-order valence-electron chi connectivity index (χ0n) is 11.2. The van der Waals surface area contributed by atoms with Crippen LogP contribution in [0.5, 0.6) is 0 Å². The van der Waals surface area contributed by atoms with Crippen LogP contribution in [0.1, 0.15) is 27.6 Å². The number of ketones is 1. The van der Waals surface area contributed by atoms with E-state index in [9.17, 15) is 14.0 Å². The Labute approximate surface area is 126 Å². The van der Waals surface area contributed by atoms with Gasteiger partial charge in [0.25, 0.3) is 0 Å². The summed E-state index contributed by atoms with van der Waals surface area (Å²) >= 11 is 5.74. The highest BCUT2D eigenvalue weighted by Gasteiger charge is 2.20. The molecule has 0 aliphatic rings. The molecule has 0 aliphatic heterocycles. The molecule has 2 rings (SSSR count). The van der Waals surface area contributed by atoms with E-state index in [-0.39, 0.29) is 11.3 Å². The molecule has 21 heavy (non-hydrogen) atoms. The van der Waals surface area contributed by atoms with Crippen molar-refractivity contribution in [3.63, 3.8) is 0 Å². The maximum absolute atomic E-state index is 13.0. The third-order valence-electron chi connectivity index (χ3n) is 2.84. The Balaban J connectivity index is 2.07. The molecule has 3 nitrogen and oxygen atoms in total. The quantitative estimate of drug-likeness (QED) is 0.635. The standard InChI is InChI=1S/C16H12ClFO3/c1-10(15(19)11-5-7-13(17)8-6-11)21-16(20)12-3-2-4-14(18)9-12/h2-10H,1H3. The summed E-state index contributed by atoms with van der Waals surface area (Å²) in [5, 5.41) is 0.510. The number of Topliss-reactive ketones (excluding diaryl/α,β-unsaturated/α-hetero) is 1. The second-order valence-electron chi connectivity index (χ2n) is 4.43. The van der Waals surface area contributed by atoms with Gasteiger partial charge in [-0.05, 0) is 49.4 Å². The lowest BCUT2D eigenvalue weighted by Crippen LogP contribution is -2.24. The lowest BCUT2D eigenvalue weighted by Gasteiger charge is -2.12. The van der Waals surface area contributed by atoms with Crippen LogP contribution in [0.25, 0.3) is 0 Å². The highest BCUT2D eigenvalue weighted by Crippen LogP contribution is 2.14. The van der Waals surface area contributed by atoms with Gasteiger partial charge in [0.2, 0.25) is 5.78 Å². The molecule has 0 fully saturated rings. The average Bonchev–Trinajstić information content (AvgIpc) is 2.47. The molecule has 2 aromatic rings. The number of halogens is 2. The van der Waals surface area contributed by atoms with E-state index in [0.717, 1.165) is 6.07 Å². The van der Waals surface area contributed by atoms with Crippen LogP contribution in [0, 0.1) is 5.82 Å². The van der Waals surface area contributed by atoms with Gasteiger partial charge in [0.15, 0.2) is 6.10 Å². The highest BCUT2D eigenvalue weighted by molar-refractivity contribution is 6.30. The van der Waals surface area contributed by atoms with Gasteiger partial charge in [-0.1, -0.05) is 17.7 Å². The van der Waals surface area contributed by atoms with E-state index < -0.39 is 17.9 Å². The number of hydrogen-bond acceptors (Lipinski definition) is 3. The van der Waals surface area contributed by atoms with E-state index in [1.165, 1.54) is 25.1 Å². The molecule has 0 spiro atoms. The second-order valence-corrected chi connectivity index (χ2v) is 4.87. The third-order valence-corrected chi connectivity index (χ3v) is 3.09. The predicted molar refractivity (Wildman–Crippen MR) is 77.1 cm³/mol. The lowest BCUT2D eigenvalue weighted by molar-refractivity contribution is 0.0318. The van der Waals surface area contributed by atoms with Crippen molar-refractivity contribution >= 4 is 23.4 Å². The van der Waals surface area contributed by atoms with Crippen molar-refractivity contribution in [2.75, 3.05) is 0 Å². The van der Waals surface area contributed by atoms with Crippen LogP contribution in [-0.2, 0) is 4.74 Å². The number of carbonyl (C=O) groups is 2. The van der Waals surface area contributed by atoms with Crippen molar-refractivity contribution in [3.8, 4) is 0 Å². The summed E-state index contributed by atoms with van der Waals surface area (Å²) in [6, 6.07) is 11.4. The van der Waals surface area contributed by atoms with Gasteiger partial charge in [-0.2, -0.15) is 0 Å². The van der Waals surface area contributed by atoms with Crippen LogP contribution in [-0.4, -0.2) is 17.9 Å². The highest BCUT2D eigenvalue weighted by atomic mass is 35.5. The van der Waals surface area contributed by atoms with E-state index >= 15 is 0 Å². The summed E-state index contributed by atoms with van der Waals surface area (Å²) in [5.41, 5.74) is 0.449. The molecule has 0 heterocycles. The zero-order valence-corrected chi connectivity index (χ0v) is 11.9. The summed E-state index contributed by atoms with van der Waals surface area (Å²) < 4.78 is 18.1. The van der Waals surface area contributed by atoms with Gasteiger partial charge in [-0.25, -0.2) is 9.18 Å². The number of benzene rings is 2. The Morgan fingerprint density at radius 1 is 1.10 bits per heavy atom. The third kappa shape index (κ3) is 3.89. The monoisotopic (exact) mass is 306 g/mol. The van der Waals surface area contributed by atoms with Crippen molar-refractivity contribution in [2.45, 2.75) is 13.0 Å². The van der Waals surface area contributed by atoms with Crippen LogP contribution >= 0.6 is 11.6 Å². The minimum atomic E-state index is -0.970. The summed E-state index contributed by atoms with van der Waals surface area (Å²) in [6.45, 7) is 1.47. The molecule has 2 aromatic carbocycles. The van der Waals surface area contributed by atoms with E-state index in [2.05, 4.69) is 0 Å². The molecule has 1 unspecified atom stereocenters. The van der Waals surface area contributed by atoms with Crippen molar-refractivity contribution in [2.24, 2.45) is 0 Å². The van der Waals surface area contributed by atoms with Crippen molar-refractivity contribution in [1.82, 2.24) is 0 Å². The molecular weight excluding hydrogens is 295 g/mol. The van der Waals surface area contributed by atoms with Gasteiger partial charge in [0.1, 0.15) is 5.82 Å². The van der Waals surface area contributed by atoms with Gasteiger partial charge in [0, 0.05) is 10.6 Å². The van der Waals surface area contributed by atoms with Gasteiger partial charge < -0.3 is 4.74 Å². The van der Waals surface area contributed by atoms with Crippen molar-refractivity contribution < 1.29 is 18.7 Å². The fourth-order valence-corrected chi connectivity index (χ4v) is 1.87. The minimum Gasteiger partial charge on any atom is -0.451 e. The molecule has 0 radical (unpaired) electrons. The Morgan fingerprint density at radius 3 is 2.38 bits per heavy atom. The first kappa shape index (κ1) is 15.2. The van der Waals surface area contributed by atoms with Crippen LogP contribution in [0.15, 0.2) is 48.5 Å². The van der Waals surface area contributed by atoms with Crippen molar-refractivity contribution in [1.29, 1.82) is 0 Å². The second kappa shape index (κ2) is 6.50. The first-order chi connectivity index (χ1) is 9.97. The smallest absolute Gasteiger partial charge is 0.338 e. The van der Waals surface area contributed by atoms with Gasteiger partial charge in [0.05, 0.1) is 5.56 Å². The Morgan fingerprint density at radius 2 is 1.76 bits per heavy atom. The van der Waals surface area contributed by atoms with Crippen molar-refractivity contribution in [3.05, 3.63) is 70.5 Å². The maximum atomic E-state index is 13.0. The predicted octanol–water partition coefficient (Wildman–Crippen LogP) is 3.91. The van der Waals surface area contributed by atoms with Crippen LogP contribution in [0.4, 0.5) is 4.39 Å². The van der Waals surface area contributed by atoms with E-state index in [1.807, 2.05) is 0 Å². The molecule has 108 valence electrons. The van der Waals surface area contributed by atoms with Crippen LogP contribution < -0.4 is 0 Å². The normalized spacial score (nSPS) is 11.8. The molecular formula is C16H12ClFO3. The SMILES string of the molecule is CC(OC(=O)c1cccc(F)c1)C(=O)c1ccc(Cl)cc1. The fraction of sp³-hybridized carbons (Fsp3) is 0.125. The summed E-state index contributed by atoms with van der Waals surface area (Å²) in [4.78, 5) is 23.9. The van der Waals surface area contributed by atoms with Crippen LogP contribution in [0.2, 0.25) is 5.02 Å². The molecule has 1 atom stereocenters.